The van der Waals surface area contributed by atoms with Crippen LogP contribution >= 0.6 is 11.8 Å². The van der Waals surface area contributed by atoms with Crippen LogP contribution in [-0.4, -0.2) is 34.7 Å². The van der Waals surface area contributed by atoms with Crippen LogP contribution in [0, 0.1) is 0 Å². The predicted molar refractivity (Wildman–Crippen MR) is 87.6 cm³/mol. The smallest absolute Gasteiger partial charge is 0.314 e. The van der Waals surface area contributed by atoms with E-state index in [0.29, 0.717) is 6.54 Å². The molecule has 1 saturated heterocycles. The van der Waals surface area contributed by atoms with E-state index in [0.717, 1.165) is 24.1 Å². The van der Waals surface area contributed by atoms with Gasteiger partial charge < -0.3 is 15.7 Å². The van der Waals surface area contributed by atoms with Crippen molar-refractivity contribution < 1.29 is 9.90 Å². The van der Waals surface area contributed by atoms with Crippen LogP contribution in [-0.2, 0) is 13.0 Å². The Labute approximate surface area is 130 Å². The first-order chi connectivity index (χ1) is 10.1. The number of hydrogen-bond donors (Lipinski definition) is 3. The van der Waals surface area contributed by atoms with Crippen LogP contribution in [0.25, 0.3) is 0 Å². The van der Waals surface area contributed by atoms with Crippen LogP contribution in [0.3, 0.4) is 0 Å². The molecule has 1 aliphatic rings. The predicted octanol–water partition coefficient (Wildman–Crippen LogP) is 2.31. The number of aliphatic hydroxyl groups excluding tert-OH is 1. The molecule has 2 rings (SSSR count). The zero-order valence-electron chi connectivity index (χ0n) is 12.5. The number of nitrogens with one attached hydrogen (secondary N) is 2. The van der Waals surface area contributed by atoms with Gasteiger partial charge in [0.2, 0.25) is 0 Å². The summed E-state index contributed by atoms with van der Waals surface area (Å²) >= 11 is 1.95. The maximum atomic E-state index is 11.8. The molecule has 4 nitrogen and oxygen atoms in total. The molecule has 0 spiro atoms. The molecule has 0 radical (unpaired) electrons. The van der Waals surface area contributed by atoms with Gasteiger partial charge in [-0.2, -0.15) is 11.8 Å². The maximum absolute atomic E-state index is 11.8. The minimum absolute atomic E-state index is 0.0672. The number of amides is 2. The molecule has 0 aromatic heterocycles. The fourth-order valence-corrected chi connectivity index (χ4v) is 3.68. The minimum atomic E-state index is -0.0873. The summed E-state index contributed by atoms with van der Waals surface area (Å²) in [5.41, 5.74) is 2.07. The monoisotopic (exact) mass is 308 g/mol. The highest BCUT2D eigenvalue weighted by Crippen LogP contribution is 2.36. The number of rotatable bonds is 6. The molecule has 116 valence electrons. The molecule has 1 heterocycles. The zero-order chi connectivity index (χ0) is 15.1. The van der Waals surface area contributed by atoms with Crippen molar-refractivity contribution in [1.82, 2.24) is 10.6 Å². The third kappa shape index (κ3) is 5.25. The standard InChI is InChI=1S/C16H24N2O2S/c1-16(8-2-10-21-16)12-18-15(20)17-9-7-13-3-5-14(11-19)6-4-13/h3-6,19H,2,7-12H2,1H3,(H2,17,18,20). The van der Waals surface area contributed by atoms with Gasteiger partial charge in [0, 0.05) is 17.8 Å². The second-order valence-electron chi connectivity index (χ2n) is 5.74. The van der Waals surface area contributed by atoms with Crippen molar-refractivity contribution in [2.24, 2.45) is 0 Å². The highest BCUT2D eigenvalue weighted by Gasteiger charge is 2.29. The van der Waals surface area contributed by atoms with Crippen molar-refractivity contribution in [1.29, 1.82) is 0 Å². The number of carbonyl (C=O) groups excluding carboxylic acids is 1. The molecule has 1 aromatic rings. The molecule has 2 amide bonds. The van der Waals surface area contributed by atoms with Gasteiger partial charge in [-0.25, -0.2) is 4.79 Å². The Balaban J connectivity index is 1.64. The molecule has 0 aliphatic carbocycles. The number of hydrogen-bond acceptors (Lipinski definition) is 3. The Morgan fingerprint density at radius 3 is 2.62 bits per heavy atom. The van der Waals surface area contributed by atoms with E-state index < -0.39 is 0 Å². The summed E-state index contributed by atoms with van der Waals surface area (Å²) < 4.78 is 0.206. The van der Waals surface area contributed by atoms with Crippen molar-refractivity contribution in [2.45, 2.75) is 37.5 Å². The van der Waals surface area contributed by atoms with Gasteiger partial charge in [-0.15, -0.1) is 0 Å². The van der Waals surface area contributed by atoms with Crippen LogP contribution in [0.15, 0.2) is 24.3 Å². The van der Waals surface area contributed by atoms with E-state index in [1.165, 1.54) is 18.6 Å². The summed E-state index contributed by atoms with van der Waals surface area (Å²) in [6.45, 7) is 3.63. The van der Waals surface area contributed by atoms with Crippen molar-refractivity contribution in [3.05, 3.63) is 35.4 Å². The molecule has 1 fully saturated rings. The van der Waals surface area contributed by atoms with Crippen LogP contribution < -0.4 is 10.6 Å². The highest BCUT2D eigenvalue weighted by molar-refractivity contribution is 8.00. The van der Waals surface area contributed by atoms with Gasteiger partial charge in [0.1, 0.15) is 0 Å². The normalized spacial score (nSPS) is 21.2. The summed E-state index contributed by atoms with van der Waals surface area (Å²) in [4.78, 5) is 11.8. The lowest BCUT2D eigenvalue weighted by Crippen LogP contribution is -2.43. The van der Waals surface area contributed by atoms with Gasteiger partial charge in [-0.1, -0.05) is 24.3 Å². The average Bonchev–Trinajstić information content (AvgIpc) is 2.93. The van der Waals surface area contributed by atoms with E-state index in [4.69, 9.17) is 5.11 Å². The lowest BCUT2D eigenvalue weighted by atomic mass is 10.1. The first kappa shape index (κ1) is 16.2. The van der Waals surface area contributed by atoms with Crippen molar-refractivity contribution in [2.75, 3.05) is 18.8 Å². The largest absolute Gasteiger partial charge is 0.392 e. The van der Waals surface area contributed by atoms with Gasteiger partial charge in [0.15, 0.2) is 0 Å². The number of thioether (sulfide) groups is 1. The number of urea groups is 1. The van der Waals surface area contributed by atoms with Gasteiger partial charge in [0.25, 0.3) is 0 Å². The molecule has 21 heavy (non-hydrogen) atoms. The lowest BCUT2D eigenvalue weighted by molar-refractivity contribution is 0.240. The van der Waals surface area contributed by atoms with Crippen LogP contribution in [0.4, 0.5) is 4.79 Å². The third-order valence-corrected chi connectivity index (χ3v) is 5.37. The Bertz CT molecular complexity index is 456. The summed E-state index contributed by atoms with van der Waals surface area (Å²) in [5.74, 6) is 1.20. The molecule has 1 atom stereocenters. The van der Waals surface area contributed by atoms with Crippen LogP contribution in [0.2, 0.25) is 0 Å². The van der Waals surface area contributed by atoms with Gasteiger partial charge in [-0.3, -0.25) is 0 Å². The lowest BCUT2D eigenvalue weighted by Gasteiger charge is -2.22. The highest BCUT2D eigenvalue weighted by atomic mass is 32.2. The topological polar surface area (TPSA) is 61.4 Å². The second kappa shape index (κ2) is 7.71. The van der Waals surface area contributed by atoms with Crippen LogP contribution in [0.5, 0.6) is 0 Å². The molecule has 1 aliphatic heterocycles. The summed E-state index contributed by atoms with van der Waals surface area (Å²) in [6.07, 6.45) is 3.22. The van der Waals surface area contributed by atoms with Gasteiger partial charge in [-0.05, 0) is 43.1 Å². The molecular weight excluding hydrogens is 284 g/mol. The second-order valence-corrected chi connectivity index (χ2v) is 7.42. The molecule has 1 aromatic carbocycles. The van der Waals surface area contributed by atoms with E-state index in [2.05, 4.69) is 17.6 Å². The van der Waals surface area contributed by atoms with E-state index in [1.807, 2.05) is 36.0 Å². The fraction of sp³-hybridized carbons (Fsp3) is 0.562. The van der Waals surface area contributed by atoms with Gasteiger partial charge in [0.05, 0.1) is 6.61 Å². The van der Waals surface area contributed by atoms with Crippen molar-refractivity contribution >= 4 is 17.8 Å². The number of carbonyl (C=O) groups is 1. The molecule has 0 bridgehead atoms. The summed E-state index contributed by atoms with van der Waals surface area (Å²) in [7, 11) is 0. The summed E-state index contributed by atoms with van der Waals surface area (Å²) in [6, 6.07) is 7.71. The van der Waals surface area contributed by atoms with Gasteiger partial charge >= 0.3 is 6.03 Å². The van der Waals surface area contributed by atoms with Crippen LogP contribution in [0.1, 0.15) is 30.9 Å². The van der Waals surface area contributed by atoms with Crippen molar-refractivity contribution in [3.8, 4) is 0 Å². The first-order valence-corrected chi connectivity index (χ1v) is 8.44. The van der Waals surface area contributed by atoms with Crippen molar-refractivity contribution in [3.63, 3.8) is 0 Å². The molecule has 5 heteroatoms. The number of aliphatic hydroxyl groups is 1. The Morgan fingerprint density at radius 1 is 1.29 bits per heavy atom. The molecule has 3 N–H and O–H groups in total. The molecule has 0 saturated carbocycles. The Morgan fingerprint density at radius 2 is 2.00 bits per heavy atom. The fourth-order valence-electron chi connectivity index (χ4n) is 2.44. The van der Waals surface area contributed by atoms with E-state index >= 15 is 0 Å². The van der Waals surface area contributed by atoms with E-state index in [1.54, 1.807) is 0 Å². The SMILES string of the molecule is CC1(CNC(=O)NCCc2ccc(CO)cc2)CCCS1. The quantitative estimate of drug-likeness (QED) is 0.756. The third-order valence-electron chi connectivity index (χ3n) is 3.83. The van der Waals surface area contributed by atoms with E-state index in [-0.39, 0.29) is 17.4 Å². The average molecular weight is 308 g/mol. The number of benzene rings is 1. The molecule has 1 unspecified atom stereocenters. The first-order valence-electron chi connectivity index (χ1n) is 7.46. The Kier molecular flexibility index (Phi) is 5.94. The Hall–Kier alpha value is -1.20. The minimum Gasteiger partial charge on any atom is -0.392 e. The molecular formula is C16H24N2O2S. The summed E-state index contributed by atoms with van der Waals surface area (Å²) in [5, 5.41) is 14.8. The maximum Gasteiger partial charge on any atom is 0.314 e. The van der Waals surface area contributed by atoms with E-state index in [9.17, 15) is 4.79 Å². The zero-order valence-corrected chi connectivity index (χ0v) is 13.3.